The first-order valence-electron chi connectivity index (χ1n) is 0. The largest absolute Gasteiger partial charge is 3.00 e. The first kappa shape index (κ1) is 143. The van der Waals surface area contributed by atoms with E-state index >= 15 is 0 Å². The zero-order valence-corrected chi connectivity index (χ0v) is 6.04. The van der Waals surface area contributed by atoms with Gasteiger partial charge < -0.3 is 21.9 Å². The van der Waals surface area contributed by atoms with Crippen molar-refractivity contribution in [1.82, 2.24) is 0 Å². The van der Waals surface area contributed by atoms with Gasteiger partial charge in [0.2, 0.25) is 0 Å². The minimum absolute atomic E-state index is 0. The Labute approximate surface area is 57.4 Å². The van der Waals surface area contributed by atoms with Gasteiger partial charge in [0, 0.05) is 0 Å². The monoisotopic (exact) mass is 208 g/mol. The van der Waals surface area contributed by atoms with Gasteiger partial charge in [-0.3, -0.25) is 0 Å². The SMILES string of the molecule is O.[La+3].[OH-].[OH-].[OH-]. The van der Waals surface area contributed by atoms with Crippen LogP contribution in [-0.2, 0) is 0 Å². The molecule has 0 aromatic heterocycles. The van der Waals surface area contributed by atoms with Gasteiger partial charge in [-0.1, -0.05) is 0 Å². The van der Waals surface area contributed by atoms with Crippen LogP contribution in [0.2, 0.25) is 0 Å². The third-order valence-electron chi connectivity index (χ3n) is 0. The van der Waals surface area contributed by atoms with E-state index in [2.05, 4.69) is 0 Å². The van der Waals surface area contributed by atoms with Gasteiger partial charge in [0.25, 0.3) is 0 Å². The Hall–Kier alpha value is 1.03. The molecule has 32 valence electrons. The molecule has 0 aromatic carbocycles. The fourth-order valence-electron chi connectivity index (χ4n) is 0. The Bertz CT molecular complexity index is 3.61. The zero-order chi connectivity index (χ0) is 0. The van der Waals surface area contributed by atoms with Crippen molar-refractivity contribution in [1.29, 1.82) is 0 Å². The van der Waals surface area contributed by atoms with Gasteiger partial charge in [0.1, 0.15) is 0 Å². The van der Waals surface area contributed by atoms with Crippen LogP contribution in [0.15, 0.2) is 0 Å². The third kappa shape index (κ3) is 43.3. The number of rotatable bonds is 0. The molecule has 5 heavy (non-hydrogen) atoms. The van der Waals surface area contributed by atoms with Crippen molar-refractivity contribution in [3.05, 3.63) is 0 Å². The summed E-state index contributed by atoms with van der Waals surface area (Å²) in [6, 6.07) is 0. The van der Waals surface area contributed by atoms with Crippen LogP contribution in [0.5, 0.6) is 0 Å². The summed E-state index contributed by atoms with van der Waals surface area (Å²) in [7, 11) is 0. The van der Waals surface area contributed by atoms with Gasteiger partial charge in [-0.05, 0) is 0 Å². The van der Waals surface area contributed by atoms with Crippen LogP contribution < -0.4 is 0 Å². The maximum atomic E-state index is 0. The molecule has 0 heterocycles. The Morgan fingerprint density at radius 2 is 0.600 bits per heavy atom. The molecule has 0 saturated carbocycles. The normalized spacial score (nSPS) is 0. The summed E-state index contributed by atoms with van der Waals surface area (Å²) in [5.41, 5.74) is 0. The van der Waals surface area contributed by atoms with E-state index < -0.39 is 0 Å². The Morgan fingerprint density at radius 3 is 0.600 bits per heavy atom. The molecule has 0 bridgehead atoms. The second-order valence-corrected chi connectivity index (χ2v) is 0. The van der Waals surface area contributed by atoms with Gasteiger partial charge >= 0.3 is 35.6 Å². The molecule has 4 nitrogen and oxygen atoms in total. The van der Waals surface area contributed by atoms with E-state index in [4.69, 9.17) is 0 Å². The van der Waals surface area contributed by atoms with Crippen LogP contribution in [0.25, 0.3) is 0 Å². The van der Waals surface area contributed by atoms with Crippen LogP contribution in [0, 0.1) is 35.6 Å². The van der Waals surface area contributed by atoms with Crippen molar-refractivity contribution in [2.75, 3.05) is 0 Å². The van der Waals surface area contributed by atoms with Gasteiger partial charge in [-0.25, -0.2) is 0 Å². The minimum Gasteiger partial charge on any atom is -0.870 e. The summed E-state index contributed by atoms with van der Waals surface area (Å²) in [5, 5.41) is 0. The molecule has 0 aliphatic carbocycles. The number of hydrogen-bond acceptors (Lipinski definition) is 3. The second-order valence-electron chi connectivity index (χ2n) is 0. The molecule has 0 amide bonds. The molecule has 0 fully saturated rings. The summed E-state index contributed by atoms with van der Waals surface area (Å²) >= 11 is 0. The van der Waals surface area contributed by atoms with Crippen LogP contribution in [0.4, 0.5) is 0 Å². The van der Waals surface area contributed by atoms with Crippen molar-refractivity contribution < 1.29 is 57.5 Å². The van der Waals surface area contributed by atoms with Gasteiger partial charge in [-0.2, -0.15) is 0 Å². The van der Waals surface area contributed by atoms with Crippen molar-refractivity contribution in [2.24, 2.45) is 0 Å². The summed E-state index contributed by atoms with van der Waals surface area (Å²) in [6.07, 6.45) is 0. The summed E-state index contributed by atoms with van der Waals surface area (Å²) in [5.74, 6) is 0. The Balaban J connectivity index is 0. The smallest absolute Gasteiger partial charge is 0.870 e. The van der Waals surface area contributed by atoms with Crippen LogP contribution in [0.3, 0.4) is 0 Å². The van der Waals surface area contributed by atoms with E-state index in [9.17, 15) is 0 Å². The van der Waals surface area contributed by atoms with E-state index in [0.29, 0.717) is 0 Å². The average molecular weight is 208 g/mol. The molecule has 0 aliphatic rings. The summed E-state index contributed by atoms with van der Waals surface area (Å²) < 4.78 is 0. The van der Waals surface area contributed by atoms with E-state index in [1.54, 1.807) is 0 Å². The average Bonchev–Trinajstić information content (AvgIpc) is 0. The summed E-state index contributed by atoms with van der Waals surface area (Å²) in [6.45, 7) is 0. The minimum atomic E-state index is 0. The van der Waals surface area contributed by atoms with Gasteiger partial charge in [-0.15, -0.1) is 0 Å². The quantitative estimate of drug-likeness (QED) is 0.488. The molecule has 0 atom stereocenters. The second kappa shape index (κ2) is 76.5. The molecule has 0 saturated heterocycles. The maximum Gasteiger partial charge on any atom is 3.00 e. The first-order valence-corrected chi connectivity index (χ1v) is 0. The first-order chi connectivity index (χ1) is 0. The topological polar surface area (TPSA) is 122 Å². The number of hydrogen-bond donors (Lipinski definition) is 0. The molecule has 0 rings (SSSR count). The molecule has 0 spiro atoms. The molecule has 5 heteroatoms. The van der Waals surface area contributed by atoms with Crippen molar-refractivity contribution in [3.8, 4) is 0 Å². The van der Waals surface area contributed by atoms with E-state index in [1.807, 2.05) is 0 Å². The fraction of sp³-hybridized carbons (Fsp3) is 0. The fourth-order valence-corrected chi connectivity index (χ4v) is 0. The summed E-state index contributed by atoms with van der Waals surface area (Å²) in [4.78, 5) is 0. The predicted octanol–water partition coefficient (Wildman–Crippen LogP) is -1.36. The molecular weight excluding hydrogens is 203 g/mol. The molecular formula is H5LaO4. The zero-order valence-electron chi connectivity index (χ0n) is 2.42. The van der Waals surface area contributed by atoms with E-state index in [1.165, 1.54) is 0 Å². The van der Waals surface area contributed by atoms with Crippen LogP contribution >= 0.6 is 0 Å². The third-order valence-corrected chi connectivity index (χ3v) is 0. The molecule has 5 N–H and O–H groups in total. The van der Waals surface area contributed by atoms with Crippen LogP contribution in [0.1, 0.15) is 0 Å². The molecule has 0 aliphatic heterocycles. The Kier molecular flexibility index (Phi) is 2190. The van der Waals surface area contributed by atoms with Crippen molar-refractivity contribution >= 4 is 0 Å². The van der Waals surface area contributed by atoms with Crippen LogP contribution in [-0.4, -0.2) is 21.9 Å². The van der Waals surface area contributed by atoms with Crippen molar-refractivity contribution in [3.63, 3.8) is 0 Å². The predicted molar refractivity (Wildman–Crippen MR) is 9.42 cm³/mol. The molecule has 0 unspecified atom stereocenters. The van der Waals surface area contributed by atoms with Gasteiger partial charge in [0.15, 0.2) is 0 Å². The Morgan fingerprint density at radius 1 is 0.600 bits per heavy atom. The van der Waals surface area contributed by atoms with E-state index in [-0.39, 0.29) is 57.5 Å². The maximum absolute atomic E-state index is 0. The standard InChI is InChI=1S/La.4H2O/h;4*1H2/q+3;;;;/p-3. The molecule has 0 radical (unpaired) electrons. The molecule has 0 aromatic rings. The van der Waals surface area contributed by atoms with Crippen molar-refractivity contribution in [2.45, 2.75) is 0 Å². The van der Waals surface area contributed by atoms with Gasteiger partial charge in [0.05, 0.1) is 0 Å². The van der Waals surface area contributed by atoms with E-state index in [0.717, 1.165) is 0 Å².